The molecule has 0 aromatic heterocycles. The van der Waals surface area contributed by atoms with Gasteiger partial charge in [-0.25, -0.2) is 0 Å². The van der Waals surface area contributed by atoms with E-state index in [1.807, 2.05) is 0 Å². The van der Waals surface area contributed by atoms with Crippen LogP contribution in [0.4, 0.5) is 0 Å². The molecule has 1 aromatic carbocycles. The Kier molecular flexibility index (Phi) is 5.40. The highest BCUT2D eigenvalue weighted by Gasteiger charge is 2.17. The van der Waals surface area contributed by atoms with Crippen LogP contribution >= 0.6 is 0 Å². The summed E-state index contributed by atoms with van der Waals surface area (Å²) in [7, 11) is 0. The minimum Gasteiger partial charge on any atom is -0.352 e. The highest BCUT2D eigenvalue weighted by molar-refractivity contribution is 5.94. The number of likely N-dealkylation sites (tertiary alicyclic amines) is 1. The summed E-state index contributed by atoms with van der Waals surface area (Å²) in [5, 5.41) is 2.97. The first-order valence-corrected chi connectivity index (χ1v) is 7.26. The van der Waals surface area contributed by atoms with Crippen LogP contribution in [-0.4, -0.2) is 36.5 Å². The molecule has 0 saturated carbocycles. The Morgan fingerprint density at radius 1 is 1.42 bits per heavy atom. The van der Waals surface area contributed by atoms with Crippen LogP contribution in [0.3, 0.4) is 0 Å². The fraction of sp³-hybridized carbons (Fsp3) is 0.562. The zero-order valence-corrected chi connectivity index (χ0v) is 11.7. The van der Waals surface area contributed by atoms with Gasteiger partial charge in [0, 0.05) is 24.7 Å². The summed E-state index contributed by atoms with van der Waals surface area (Å²) in [4.78, 5) is 14.4. The Hall–Kier alpha value is -1.35. The average molecular weight is 259 g/mol. The Labute approximate surface area is 116 Å². The zero-order valence-electron chi connectivity index (χ0n) is 11.7. The van der Waals surface area contributed by atoms with E-state index in [1.54, 1.807) is 24.3 Å². The van der Waals surface area contributed by atoms with E-state index in [0.29, 0.717) is 11.6 Å². The second-order valence-electron chi connectivity index (χ2n) is 5.28. The average Bonchev–Trinajstić information content (AvgIpc) is 2.46. The minimum atomic E-state index is 0.0145. The Bertz CT molecular complexity index is 391. The van der Waals surface area contributed by atoms with Crippen molar-refractivity contribution in [2.45, 2.75) is 38.6 Å². The monoisotopic (exact) mass is 259 g/mol. The molecule has 1 atom stereocenters. The molecule has 2 rings (SSSR count). The van der Waals surface area contributed by atoms with E-state index in [0.717, 1.165) is 19.5 Å². The third-order valence-electron chi connectivity index (χ3n) is 3.83. The second-order valence-corrected chi connectivity index (χ2v) is 5.28. The highest BCUT2D eigenvalue weighted by Crippen LogP contribution is 2.16. The van der Waals surface area contributed by atoms with E-state index >= 15 is 0 Å². The predicted octanol–water partition coefficient (Wildman–Crippen LogP) is 2.48. The summed E-state index contributed by atoms with van der Waals surface area (Å²) in [5.41, 5.74) is 0.713. The molecule has 103 valence electrons. The second kappa shape index (κ2) is 7.29. The zero-order chi connectivity index (χ0) is 13.5. The number of hydrogen-bond donors (Lipinski definition) is 1. The number of piperidine rings is 1. The van der Waals surface area contributed by atoms with Crippen LogP contribution in [0, 0.1) is 6.07 Å². The van der Waals surface area contributed by atoms with Gasteiger partial charge in [-0.3, -0.25) is 4.79 Å². The molecule has 1 unspecified atom stereocenters. The molecule has 1 heterocycles. The van der Waals surface area contributed by atoms with Crippen LogP contribution in [0.2, 0.25) is 0 Å². The van der Waals surface area contributed by atoms with Crippen molar-refractivity contribution in [1.29, 1.82) is 0 Å². The van der Waals surface area contributed by atoms with Crippen molar-refractivity contribution < 1.29 is 4.79 Å². The molecule has 3 heteroatoms. The topological polar surface area (TPSA) is 32.3 Å². The lowest BCUT2D eigenvalue weighted by Gasteiger charge is -2.33. The van der Waals surface area contributed by atoms with Gasteiger partial charge < -0.3 is 10.2 Å². The Morgan fingerprint density at radius 2 is 2.21 bits per heavy atom. The molecule has 3 nitrogen and oxygen atoms in total. The predicted molar refractivity (Wildman–Crippen MR) is 77.1 cm³/mol. The molecule has 1 fully saturated rings. The molecular weight excluding hydrogens is 236 g/mol. The summed E-state index contributed by atoms with van der Waals surface area (Å²) in [6.45, 7) is 5.35. The molecule has 0 bridgehead atoms. The van der Waals surface area contributed by atoms with Crippen molar-refractivity contribution in [3.05, 3.63) is 35.9 Å². The summed E-state index contributed by atoms with van der Waals surface area (Å²) >= 11 is 0. The van der Waals surface area contributed by atoms with Crippen LogP contribution in [0.5, 0.6) is 0 Å². The van der Waals surface area contributed by atoms with Crippen molar-refractivity contribution in [3.8, 4) is 0 Å². The van der Waals surface area contributed by atoms with Gasteiger partial charge in [0.15, 0.2) is 0 Å². The molecular formula is C16H23N2O. The number of nitrogens with one attached hydrogen (secondary N) is 1. The summed E-state index contributed by atoms with van der Waals surface area (Å²) in [5.74, 6) is 0.0145. The standard InChI is InChI=1S/C16H23N2O/c1-14-8-5-6-12-18(14)13-7-11-17-16(19)15-9-3-2-4-10-15/h3-4,9-10,14H,5-8,11-13H2,1H3,(H,17,19). The summed E-state index contributed by atoms with van der Waals surface area (Å²) in [6, 6.07) is 10.7. The van der Waals surface area contributed by atoms with Crippen LogP contribution < -0.4 is 5.32 Å². The van der Waals surface area contributed by atoms with Gasteiger partial charge in [0.2, 0.25) is 0 Å². The SMILES string of the molecule is CC1CCCCN1CCCNC(=O)c1cc[c]cc1. The van der Waals surface area contributed by atoms with E-state index in [-0.39, 0.29) is 5.91 Å². The molecule has 1 radical (unpaired) electrons. The lowest BCUT2D eigenvalue weighted by atomic mass is 10.0. The largest absolute Gasteiger partial charge is 0.352 e. The van der Waals surface area contributed by atoms with E-state index in [9.17, 15) is 4.79 Å². The molecule has 1 aliphatic rings. The van der Waals surface area contributed by atoms with Gasteiger partial charge in [0.25, 0.3) is 5.91 Å². The smallest absolute Gasteiger partial charge is 0.251 e. The molecule has 1 saturated heterocycles. The lowest BCUT2D eigenvalue weighted by molar-refractivity contribution is 0.0949. The van der Waals surface area contributed by atoms with Crippen LogP contribution in [0.1, 0.15) is 43.0 Å². The van der Waals surface area contributed by atoms with Crippen molar-refractivity contribution in [2.24, 2.45) is 0 Å². The van der Waals surface area contributed by atoms with Gasteiger partial charge in [0.05, 0.1) is 0 Å². The Morgan fingerprint density at radius 3 is 2.95 bits per heavy atom. The van der Waals surface area contributed by atoms with Crippen LogP contribution in [0.25, 0.3) is 0 Å². The molecule has 19 heavy (non-hydrogen) atoms. The molecule has 1 aromatic rings. The third kappa shape index (κ3) is 4.35. The number of rotatable bonds is 5. The van der Waals surface area contributed by atoms with Crippen LogP contribution in [-0.2, 0) is 0 Å². The summed E-state index contributed by atoms with van der Waals surface area (Å²) < 4.78 is 0. The quantitative estimate of drug-likeness (QED) is 0.824. The van der Waals surface area contributed by atoms with Crippen LogP contribution in [0.15, 0.2) is 24.3 Å². The van der Waals surface area contributed by atoms with Gasteiger partial charge in [0.1, 0.15) is 0 Å². The maximum Gasteiger partial charge on any atom is 0.251 e. The number of hydrogen-bond acceptors (Lipinski definition) is 2. The van der Waals surface area contributed by atoms with E-state index in [2.05, 4.69) is 23.2 Å². The van der Waals surface area contributed by atoms with Crippen molar-refractivity contribution in [1.82, 2.24) is 10.2 Å². The lowest BCUT2D eigenvalue weighted by Crippen LogP contribution is -2.39. The first-order valence-electron chi connectivity index (χ1n) is 7.26. The molecule has 1 amide bonds. The minimum absolute atomic E-state index is 0.0145. The summed E-state index contributed by atoms with van der Waals surface area (Å²) in [6.07, 6.45) is 5.01. The first-order chi connectivity index (χ1) is 9.27. The number of benzene rings is 1. The third-order valence-corrected chi connectivity index (χ3v) is 3.83. The van der Waals surface area contributed by atoms with E-state index in [4.69, 9.17) is 0 Å². The van der Waals surface area contributed by atoms with E-state index < -0.39 is 0 Å². The highest BCUT2D eigenvalue weighted by atomic mass is 16.1. The molecule has 0 spiro atoms. The number of amides is 1. The molecule has 1 N–H and O–H groups in total. The number of nitrogens with zero attached hydrogens (tertiary/aromatic N) is 1. The maximum absolute atomic E-state index is 11.8. The maximum atomic E-state index is 11.8. The van der Waals surface area contributed by atoms with Gasteiger partial charge in [-0.1, -0.05) is 18.6 Å². The van der Waals surface area contributed by atoms with Crippen molar-refractivity contribution >= 4 is 5.91 Å². The first kappa shape index (κ1) is 14.1. The van der Waals surface area contributed by atoms with Gasteiger partial charge >= 0.3 is 0 Å². The fourth-order valence-corrected chi connectivity index (χ4v) is 2.61. The normalized spacial score (nSPS) is 20.2. The van der Waals surface area contributed by atoms with E-state index in [1.165, 1.54) is 25.8 Å². The number of carbonyl (C=O) groups excluding carboxylic acids is 1. The fourth-order valence-electron chi connectivity index (χ4n) is 2.61. The molecule has 1 aliphatic heterocycles. The van der Waals surface area contributed by atoms with Crippen molar-refractivity contribution in [3.63, 3.8) is 0 Å². The van der Waals surface area contributed by atoms with Gasteiger partial charge in [-0.2, -0.15) is 0 Å². The number of carbonyl (C=O) groups is 1. The van der Waals surface area contributed by atoms with Gasteiger partial charge in [-0.05, 0) is 50.9 Å². The van der Waals surface area contributed by atoms with Gasteiger partial charge in [-0.15, -0.1) is 0 Å². The van der Waals surface area contributed by atoms with Crippen molar-refractivity contribution in [2.75, 3.05) is 19.6 Å². The molecule has 0 aliphatic carbocycles. The Balaban J connectivity index is 1.65.